The maximum absolute atomic E-state index is 13.5. The molecule has 1 aliphatic rings. The van der Waals surface area contributed by atoms with E-state index in [2.05, 4.69) is 22.1 Å². The molecule has 42 heavy (non-hydrogen) atoms. The van der Waals surface area contributed by atoms with Gasteiger partial charge >= 0.3 is 5.91 Å². The number of unbranched alkanes of at least 4 members (excludes halogenated alkanes) is 1. The van der Waals surface area contributed by atoms with Gasteiger partial charge in [0.15, 0.2) is 15.8 Å². The molecule has 1 amide bonds. The van der Waals surface area contributed by atoms with Crippen LogP contribution in [-0.4, -0.2) is 45.7 Å². The number of hydrogen-bond donors (Lipinski definition) is 1. The highest BCUT2D eigenvalue weighted by atomic mass is 32.2. The number of aromatic nitrogens is 3. The van der Waals surface area contributed by atoms with E-state index in [4.69, 9.17) is 9.47 Å². The lowest BCUT2D eigenvalue weighted by Crippen LogP contribution is -2.29. The lowest BCUT2D eigenvalue weighted by molar-refractivity contribution is -0.132. The Morgan fingerprint density at radius 2 is 1.83 bits per heavy atom. The van der Waals surface area contributed by atoms with Crippen molar-refractivity contribution in [3.63, 3.8) is 0 Å². The van der Waals surface area contributed by atoms with Gasteiger partial charge in [-0.1, -0.05) is 54.6 Å². The van der Waals surface area contributed by atoms with Crippen molar-refractivity contribution in [2.24, 2.45) is 0 Å². The number of hydrogen-bond acceptors (Lipinski definition) is 10. The Hall–Kier alpha value is -4.29. The van der Waals surface area contributed by atoms with Gasteiger partial charge in [0.2, 0.25) is 5.13 Å². The van der Waals surface area contributed by atoms with Crippen LogP contribution in [0.5, 0.6) is 11.5 Å². The minimum absolute atomic E-state index is 0.0939. The summed E-state index contributed by atoms with van der Waals surface area (Å²) in [5.41, 5.74) is 1.65. The molecule has 0 aliphatic carbocycles. The van der Waals surface area contributed by atoms with Gasteiger partial charge < -0.3 is 14.6 Å². The fourth-order valence-corrected chi connectivity index (χ4v) is 6.22. The maximum Gasteiger partial charge on any atom is 0.301 e. The van der Waals surface area contributed by atoms with Crippen LogP contribution >= 0.6 is 23.1 Å². The Morgan fingerprint density at radius 1 is 1.07 bits per heavy atom. The second-order valence-electron chi connectivity index (χ2n) is 9.28. The molecule has 1 aliphatic heterocycles. The average molecular weight is 607 g/mol. The van der Waals surface area contributed by atoms with Gasteiger partial charge in [0.1, 0.15) is 11.6 Å². The van der Waals surface area contributed by atoms with Gasteiger partial charge in [-0.15, -0.1) is 10.2 Å². The number of amides is 1. The number of carbonyl (C=O) groups is 2. The minimum atomic E-state index is -1.01. The second-order valence-corrected chi connectivity index (χ2v) is 11.5. The van der Waals surface area contributed by atoms with Crippen LogP contribution < -0.4 is 14.4 Å². The fourth-order valence-electron chi connectivity index (χ4n) is 4.39. The number of rotatable bonds is 11. The number of ketones is 1. The summed E-state index contributed by atoms with van der Waals surface area (Å²) < 4.78 is 25.3. The number of nitrogens with zero attached hydrogens (tertiary/aromatic N) is 4. The number of ether oxygens (including phenoxy) is 2. The van der Waals surface area contributed by atoms with E-state index in [1.165, 1.54) is 48.3 Å². The normalized spacial score (nSPS) is 16.2. The number of Topliss-reactive ketones (excluding diaryl/α,β-unsaturated/α-hetero) is 1. The topological polar surface area (TPSA) is 115 Å². The summed E-state index contributed by atoms with van der Waals surface area (Å²) in [5.74, 6) is -0.892. The first-order valence-electron chi connectivity index (χ1n) is 13.1. The fraction of sp³-hybridized carbons (Fsp3) is 0.233. The van der Waals surface area contributed by atoms with Crippen LogP contribution in [0.2, 0.25) is 0 Å². The number of methoxy groups -OCH3 is 1. The van der Waals surface area contributed by atoms with Crippen molar-refractivity contribution in [1.82, 2.24) is 15.2 Å². The minimum Gasteiger partial charge on any atom is -0.507 e. The quantitative estimate of drug-likeness (QED) is 0.0534. The number of anilines is 1. The van der Waals surface area contributed by atoms with Gasteiger partial charge in [-0.2, -0.15) is 0 Å². The van der Waals surface area contributed by atoms with E-state index in [1.807, 2.05) is 0 Å². The number of thioether (sulfide) groups is 1. The Bertz CT molecular complexity index is 1610. The van der Waals surface area contributed by atoms with E-state index in [0.29, 0.717) is 39.3 Å². The van der Waals surface area contributed by atoms with Gasteiger partial charge in [-0.3, -0.25) is 19.5 Å². The van der Waals surface area contributed by atoms with Gasteiger partial charge in [0.05, 0.1) is 25.3 Å². The Labute approximate surface area is 250 Å². The SMILES string of the molecule is CCCCOc1ccc(C2C(=C(O)c3ccncc3)C(=O)C(=O)N2c2nnc(SCc3ccc(F)cc3)s2)cc1OC. The summed E-state index contributed by atoms with van der Waals surface area (Å²) in [4.78, 5) is 32.2. The molecule has 3 heterocycles. The van der Waals surface area contributed by atoms with Crippen molar-refractivity contribution in [2.75, 3.05) is 18.6 Å². The molecule has 12 heteroatoms. The van der Waals surface area contributed by atoms with Crippen molar-refractivity contribution in [3.8, 4) is 11.5 Å². The largest absolute Gasteiger partial charge is 0.507 e. The predicted octanol–water partition coefficient (Wildman–Crippen LogP) is 6.18. The van der Waals surface area contributed by atoms with E-state index in [-0.39, 0.29) is 22.3 Å². The molecule has 1 saturated heterocycles. The Morgan fingerprint density at radius 3 is 2.55 bits per heavy atom. The maximum atomic E-state index is 13.5. The molecule has 9 nitrogen and oxygen atoms in total. The molecule has 0 spiro atoms. The standard InChI is InChI=1S/C30H27FN4O5S2/c1-3-4-15-40-22-10-7-20(16-23(22)39-2)25-24(26(36)19-11-13-32-14-12-19)27(37)28(38)35(25)29-33-34-30(42-29)41-17-18-5-8-21(31)9-6-18/h5-14,16,25,36H,3-4,15,17H2,1-2H3. The van der Waals surface area contributed by atoms with Crippen LogP contribution in [0.3, 0.4) is 0 Å². The van der Waals surface area contributed by atoms with Gasteiger partial charge in [0, 0.05) is 23.7 Å². The summed E-state index contributed by atoms with van der Waals surface area (Å²) in [6.45, 7) is 2.57. The summed E-state index contributed by atoms with van der Waals surface area (Å²) in [7, 11) is 1.51. The molecule has 0 radical (unpaired) electrons. The van der Waals surface area contributed by atoms with E-state index in [0.717, 1.165) is 29.7 Å². The molecule has 1 unspecified atom stereocenters. The molecule has 2 aromatic heterocycles. The molecule has 0 bridgehead atoms. The van der Waals surface area contributed by atoms with Gasteiger partial charge in [0.25, 0.3) is 5.78 Å². The van der Waals surface area contributed by atoms with E-state index in [9.17, 15) is 19.1 Å². The average Bonchev–Trinajstić information content (AvgIpc) is 3.59. The number of halogens is 1. The zero-order valence-electron chi connectivity index (χ0n) is 22.8. The van der Waals surface area contributed by atoms with Crippen LogP contribution in [0.4, 0.5) is 9.52 Å². The molecular formula is C30H27FN4O5S2. The van der Waals surface area contributed by atoms with Crippen molar-refractivity contribution in [2.45, 2.75) is 35.9 Å². The summed E-state index contributed by atoms with van der Waals surface area (Å²) in [6, 6.07) is 13.4. The van der Waals surface area contributed by atoms with Crippen molar-refractivity contribution >= 4 is 45.7 Å². The third kappa shape index (κ3) is 6.14. The molecule has 1 N–H and O–H groups in total. The molecule has 1 atom stereocenters. The van der Waals surface area contributed by atoms with E-state index in [1.54, 1.807) is 42.5 Å². The first-order chi connectivity index (χ1) is 20.4. The summed E-state index contributed by atoms with van der Waals surface area (Å²) in [6.07, 6.45) is 4.81. The molecule has 5 rings (SSSR count). The van der Waals surface area contributed by atoms with Crippen LogP contribution in [-0.2, 0) is 15.3 Å². The Kier molecular flexibility index (Phi) is 9.13. The number of benzene rings is 2. The highest BCUT2D eigenvalue weighted by Gasteiger charge is 2.48. The zero-order valence-corrected chi connectivity index (χ0v) is 24.5. The van der Waals surface area contributed by atoms with Crippen molar-refractivity contribution in [1.29, 1.82) is 0 Å². The van der Waals surface area contributed by atoms with Crippen molar-refractivity contribution in [3.05, 3.63) is 95.1 Å². The van der Waals surface area contributed by atoms with Crippen LogP contribution in [0, 0.1) is 5.82 Å². The summed E-state index contributed by atoms with van der Waals surface area (Å²) in [5, 5.41) is 19.9. The highest BCUT2D eigenvalue weighted by Crippen LogP contribution is 2.45. The molecular weight excluding hydrogens is 579 g/mol. The monoisotopic (exact) mass is 606 g/mol. The lowest BCUT2D eigenvalue weighted by Gasteiger charge is -2.23. The third-order valence-corrected chi connectivity index (χ3v) is 8.66. The van der Waals surface area contributed by atoms with Crippen LogP contribution in [0.15, 0.2) is 76.9 Å². The number of pyridine rings is 1. The second kappa shape index (κ2) is 13.1. The van der Waals surface area contributed by atoms with E-state index >= 15 is 0 Å². The predicted molar refractivity (Wildman–Crippen MR) is 158 cm³/mol. The first-order valence-corrected chi connectivity index (χ1v) is 14.9. The highest BCUT2D eigenvalue weighted by molar-refractivity contribution is 8.00. The van der Waals surface area contributed by atoms with Crippen molar-refractivity contribution < 1.29 is 28.6 Å². The first kappa shape index (κ1) is 29.2. The molecule has 2 aromatic carbocycles. The molecule has 0 saturated carbocycles. The smallest absolute Gasteiger partial charge is 0.301 e. The number of aliphatic hydroxyl groups excluding tert-OH is 1. The molecule has 216 valence electrons. The summed E-state index contributed by atoms with van der Waals surface area (Å²) >= 11 is 2.52. The van der Waals surface area contributed by atoms with E-state index < -0.39 is 17.7 Å². The molecule has 4 aromatic rings. The molecule has 1 fully saturated rings. The third-order valence-electron chi connectivity index (χ3n) is 6.53. The van der Waals surface area contributed by atoms with Crippen LogP contribution in [0.1, 0.15) is 42.5 Å². The van der Waals surface area contributed by atoms with Gasteiger partial charge in [-0.25, -0.2) is 4.39 Å². The number of aliphatic hydroxyl groups is 1. The van der Waals surface area contributed by atoms with Crippen LogP contribution in [0.25, 0.3) is 5.76 Å². The van der Waals surface area contributed by atoms with Gasteiger partial charge in [-0.05, 0) is 53.9 Å². The zero-order chi connectivity index (χ0) is 29.6. The Balaban J connectivity index is 1.54. The number of carbonyl (C=O) groups excluding carboxylic acids is 2. The lowest BCUT2D eigenvalue weighted by atomic mass is 9.95.